The van der Waals surface area contributed by atoms with Gasteiger partial charge in [-0.25, -0.2) is 4.79 Å². The number of benzene rings is 2. The van der Waals surface area contributed by atoms with Gasteiger partial charge in [-0.05, 0) is 60.9 Å². The summed E-state index contributed by atoms with van der Waals surface area (Å²) in [6, 6.07) is 13.9. The summed E-state index contributed by atoms with van der Waals surface area (Å²) in [5.41, 5.74) is 4.76. The lowest BCUT2D eigenvalue weighted by Crippen LogP contribution is -2.41. The third-order valence-corrected chi connectivity index (χ3v) is 6.64. The number of carbonyl (C=O) groups is 2. The van der Waals surface area contributed by atoms with Gasteiger partial charge in [-0.15, -0.1) is 0 Å². The highest BCUT2D eigenvalue weighted by atomic mass is 16.5. The average Bonchev–Trinajstić information content (AvgIpc) is 3.21. The topological polar surface area (TPSA) is 93.5 Å². The molecule has 0 saturated heterocycles. The maximum Gasteiger partial charge on any atom is 0.347 e. The Kier molecular flexibility index (Phi) is 8.16. The number of carboxylic acids is 1. The molecule has 1 unspecified atom stereocenters. The number of aryl methyl sites for hydroxylation is 3. The first kappa shape index (κ1) is 28.0. The van der Waals surface area contributed by atoms with E-state index in [1.54, 1.807) is 24.7 Å². The van der Waals surface area contributed by atoms with E-state index in [4.69, 9.17) is 4.74 Å². The minimum atomic E-state index is -1.29. The zero-order valence-electron chi connectivity index (χ0n) is 23.2. The summed E-state index contributed by atoms with van der Waals surface area (Å²) >= 11 is 0. The molecular formula is C30H39N3O4. The van der Waals surface area contributed by atoms with Gasteiger partial charge in [-0.3, -0.25) is 9.48 Å². The molecule has 3 rings (SSSR count). The van der Waals surface area contributed by atoms with Gasteiger partial charge in [-0.1, -0.05) is 70.5 Å². The molecule has 37 heavy (non-hydrogen) atoms. The molecule has 0 saturated carbocycles. The maximum absolute atomic E-state index is 13.0. The van der Waals surface area contributed by atoms with E-state index in [1.165, 1.54) is 5.56 Å². The number of aromatic nitrogens is 2. The van der Waals surface area contributed by atoms with Crippen molar-refractivity contribution >= 4 is 11.9 Å². The van der Waals surface area contributed by atoms with Crippen molar-refractivity contribution in [3.63, 3.8) is 0 Å². The summed E-state index contributed by atoms with van der Waals surface area (Å²) < 4.78 is 7.60. The summed E-state index contributed by atoms with van der Waals surface area (Å²) in [6.07, 6.45) is 1.11. The number of hydrogen-bond donors (Lipinski definition) is 2. The number of amides is 1. The van der Waals surface area contributed by atoms with Crippen LogP contribution in [0.4, 0.5) is 0 Å². The quantitative estimate of drug-likeness (QED) is 0.375. The first-order valence-corrected chi connectivity index (χ1v) is 12.7. The number of nitrogens with zero attached hydrogens (tertiary/aromatic N) is 2. The smallest absolute Gasteiger partial charge is 0.347 e. The van der Waals surface area contributed by atoms with E-state index in [0.717, 1.165) is 27.9 Å². The Morgan fingerprint density at radius 2 is 1.62 bits per heavy atom. The van der Waals surface area contributed by atoms with Crippen molar-refractivity contribution in [2.75, 3.05) is 0 Å². The predicted octanol–water partition coefficient (Wildman–Crippen LogP) is 5.95. The molecule has 0 aliphatic carbocycles. The van der Waals surface area contributed by atoms with Crippen molar-refractivity contribution in [2.45, 2.75) is 78.9 Å². The van der Waals surface area contributed by atoms with Crippen LogP contribution in [-0.2, 0) is 23.8 Å². The van der Waals surface area contributed by atoms with E-state index in [1.807, 2.05) is 45.0 Å². The van der Waals surface area contributed by atoms with Gasteiger partial charge in [-0.2, -0.15) is 5.10 Å². The lowest BCUT2D eigenvalue weighted by molar-refractivity contribution is -0.154. The molecule has 1 atom stereocenters. The van der Waals surface area contributed by atoms with E-state index >= 15 is 0 Å². The van der Waals surface area contributed by atoms with Crippen LogP contribution in [0, 0.1) is 13.8 Å². The fourth-order valence-electron chi connectivity index (χ4n) is 4.44. The lowest BCUT2D eigenvalue weighted by atomic mass is 9.86. The van der Waals surface area contributed by atoms with E-state index in [-0.39, 0.29) is 11.3 Å². The van der Waals surface area contributed by atoms with Gasteiger partial charge in [0.05, 0.1) is 5.69 Å². The molecule has 3 aromatic rings. The molecule has 198 valence electrons. The van der Waals surface area contributed by atoms with Gasteiger partial charge in [0.15, 0.2) is 0 Å². The number of hydrogen-bond acceptors (Lipinski definition) is 4. The van der Waals surface area contributed by atoms with E-state index in [0.29, 0.717) is 30.8 Å². The highest BCUT2D eigenvalue weighted by Gasteiger charge is 2.35. The van der Waals surface area contributed by atoms with Gasteiger partial charge in [0.2, 0.25) is 5.60 Å². The van der Waals surface area contributed by atoms with E-state index in [2.05, 4.69) is 43.3 Å². The summed E-state index contributed by atoms with van der Waals surface area (Å²) in [5, 5.41) is 17.2. The number of nitrogens with one attached hydrogen (secondary N) is 1. The number of carboxylic acid groups (broad SMARTS) is 1. The second kappa shape index (κ2) is 10.8. The summed E-state index contributed by atoms with van der Waals surface area (Å²) in [4.78, 5) is 24.8. The molecule has 7 nitrogen and oxygen atoms in total. The van der Waals surface area contributed by atoms with Crippen LogP contribution in [0.3, 0.4) is 0 Å². The fourth-order valence-corrected chi connectivity index (χ4v) is 4.44. The first-order valence-electron chi connectivity index (χ1n) is 12.7. The van der Waals surface area contributed by atoms with E-state index in [9.17, 15) is 14.7 Å². The van der Waals surface area contributed by atoms with Crippen LogP contribution in [0.1, 0.15) is 80.2 Å². The van der Waals surface area contributed by atoms with Crippen molar-refractivity contribution in [1.29, 1.82) is 0 Å². The zero-order valence-corrected chi connectivity index (χ0v) is 23.2. The Hall–Kier alpha value is -3.61. The molecule has 1 amide bonds. The molecule has 2 aromatic carbocycles. The zero-order chi connectivity index (χ0) is 27.5. The van der Waals surface area contributed by atoms with Crippen molar-refractivity contribution in [3.8, 4) is 17.0 Å². The van der Waals surface area contributed by atoms with Crippen LogP contribution < -0.4 is 10.1 Å². The lowest BCUT2D eigenvalue weighted by Gasteiger charge is -2.28. The van der Waals surface area contributed by atoms with Crippen molar-refractivity contribution in [2.24, 2.45) is 7.05 Å². The minimum Gasteiger partial charge on any atom is -0.478 e. The Morgan fingerprint density at radius 1 is 1.03 bits per heavy atom. The predicted molar refractivity (Wildman–Crippen MR) is 146 cm³/mol. The Balaban J connectivity index is 1.73. The summed E-state index contributed by atoms with van der Waals surface area (Å²) in [7, 11) is 1.76. The van der Waals surface area contributed by atoms with Crippen LogP contribution in [0.25, 0.3) is 11.3 Å². The number of rotatable bonds is 9. The van der Waals surface area contributed by atoms with Crippen LogP contribution in [0.2, 0.25) is 0 Å². The van der Waals surface area contributed by atoms with Gasteiger partial charge in [0.25, 0.3) is 5.91 Å². The molecule has 2 N–H and O–H groups in total. The average molecular weight is 506 g/mol. The van der Waals surface area contributed by atoms with Crippen LogP contribution in [-0.4, -0.2) is 32.4 Å². The second-order valence-electron chi connectivity index (χ2n) is 11.0. The first-order chi connectivity index (χ1) is 17.2. The monoisotopic (exact) mass is 505 g/mol. The highest BCUT2D eigenvalue weighted by molar-refractivity contribution is 5.93. The number of ether oxygens (including phenoxy) is 1. The normalized spacial score (nSPS) is 13.2. The third-order valence-electron chi connectivity index (χ3n) is 6.64. The molecule has 0 aliphatic rings. The van der Waals surface area contributed by atoms with Gasteiger partial charge < -0.3 is 15.2 Å². The number of aliphatic carboxylic acids is 1. The fraction of sp³-hybridized carbons (Fsp3) is 0.433. The van der Waals surface area contributed by atoms with Gasteiger partial charge >= 0.3 is 5.97 Å². The highest BCUT2D eigenvalue weighted by Crippen LogP contribution is 2.31. The molecular weight excluding hydrogens is 466 g/mol. The third kappa shape index (κ3) is 6.40. The molecule has 0 radical (unpaired) electrons. The molecule has 1 heterocycles. The molecule has 0 bridgehead atoms. The molecule has 1 aromatic heterocycles. The van der Waals surface area contributed by atoms with Crippen molar-refractivity contribution in [1.82, 2.24) is 15.1 Å². The summed E-state index contributed by atoms with van der Waals surface area (Å²) in [5.74, 6) is -0.628. The SMILES string of the molecule is CCCC(C)(Oc1c(C)cc(CNC(=O)c2cc(-c3ccc(C(C)(C)C)cc3)nn2C)cc1C)C(=O)O. The molecule has 0 aliphatic heterocycles. The molecule has 7 heteroatoms. The second-order valence-corrected chi connectivity index (χ2v) is 11.0. The Morgan fingerprint density at radius 3 is 2.14 bits per heavy atom. The largest absolute Gasteiger partial charge is 0.478 e. The maximum atomic E-state index is 13.0. The van der Waals surface area contributed by atoms with Crippen molar-refractivity contribution in [3.05, 3.63) is 70.4 Å². The van der Waals surface area contributed by atoms with Crippen molar-refractivity contribution < 1.29 is 19.4 Å². The van der Waals surface area contributed by atoms with Crippen LogP contribution in [0.15, 0.2) is 42.5 Å². The Labute approximate surface area is 219 Å². The molecule has 0 fully saturated rings. The molecule has 0 spiro atoms. The number of carbonyl (C=O) groups excluding carboxylic acids is 1. The summed E-state index contributed by atoms with van der Waals surface area (Å²) in [6.45, 7) is 14.2. The minimum absolute atomic E-state index is 0.0696. The standard InChI is InChI=1S/C30H39N3O4/c1-9-14-30(7,28(35)36)37-26-19(2)15-21(16-20(26)3)18-31-27(34)25-17-24(32-33(25)8)22-10-12-23(13-11-22)29(4,5)6/h10-13,15-17H,9,14,18H2,1-8H3,(H,31,34)(H,35,36). The Bertz CT molecular complexity index is 1260. The van der Waals surface area contributed by atoms with Crippen LogP contribution >= 0.6 is 0 Å². The van der Waals surface area contributed by atoms with Crippen LogP contribution in [0.5, 0.6) is 5.75 Å². The van der Waals surface area contributed by atoms with Gasteiger partial charge in [0, 0.05) is 19.2 Å². The van der Waals surface area contributed by atoms with Gasteiger partial charge in [0.1, 0.15) is 11.4 Å². The van der Waals surface area contributed by atoms with E-state index < -0.39 is 11.6 Å².